The summed E-state index contributed by atoms with van der Waals surface area (Å²) < 4.78 is 4.97. The molecule has 0 saturated carbocycles. The van der Waals surface area contributed by atoms with Crippen molar-refractivity contribution < 1.29 is 24.0 Å². The van der Waals surface area contributed by atoms with Crippen LogP contribution in [0.4, 0.5) is 23.1 Å². The highest BCUT2D eigenvalue weighted by atomic mass is 16.6. The second-order valence-electron chi connectivity index (χ2n) is 9.25. The largest absolute Gasteiger partial charge is 0.469 e. The predicted molar refractivity (Wildman–Crippen MR) is 155 cm³/mol. The van der Waals surface area contributed by atoms with E-state index in [2.05, 4.69) is 36.1 Å². The Morgan fingerprint density at radius 3 is 2.40 bits per heavy atom. The number of benzene rings is 2. The lowest BCUT2D eigenvalue weighted by Gasteiger charge is -2.16. The van der Waals surface area contributed by atoms with Gasteiger partial charge in [-0.25, -0.2) is 9.97 Å². The topological polar surface area (TPSA) is 243 Å². The average molecular weight is 589 g/mol. The van der Waals surface area contributed by atoms with E-state index in [0.717, 1.165) is 5.69 Å². The Bertz CT molecular complexity index is 1650. The number of anilines is 3. The molecule has 0 saturated heterocycles. The molecule has 2 aromatic heterocycles. The molecule has 0 aliphatic heterocycles. The van der Waals surface area contributed by atoms with Crippen LogP contribution >= 0.6 is 0 Å². The van der Waals surface area contributed by atoms with E-state index in [1.165, 1.54) is 37.6 Å². The number of esters is 1. The normalized spacial score (nSPS) is 11.4. The van der Waals surface area contributed by atoms with Crippen LogP contribution in [-0.4, -0.2) is 56.3 Å². The van der Waals surface area contributed by atoms with Crippen LogP contribution in [0.25, 0.3) is 11.2 Å². The molecule has 2 aromatic carbocycles. The van der Waals surface area contributed by atoms with Crippen LogP contribution in [0.15, 0.2) is 54.7 Å². The maximum Gasteiger partial charge on any atom is 0.313 e. The summed E-state index contributed by atoms with van der Waals surface area (Å²) in [6, 6.07) is 12.4. The van der Waals surface area contributed by atoms with Crippen molar-refractivity contribution in [2.24, 2.45) is 0 Å². The molecular formula is C27H28N10O6. The monoisotopic (exact) mass is 588 g/mol. The number of rotatable bonds is 11. The van der Waals surface area contributed by atoms with Crippen molar-refractivity contribution in [2.45, 2.75) is 25.2 Å². The Morgan fingerprint density at radius 1 is 1.00 bits per heavy atom. The zero-order valence-corrected chi connectivity index (χ0v) is 22.9. The van der Waals surface area contributed by atoms with Gasteiger partial charge >= 0.3 is 5.97 Å². The molecule has 2 heterocycles. The van der Waals surface area contributed by atoms with Crippen LogP contribution in [0.3, 0.4) is 0 Å². The van der Waals surface area contributed by atoms with Gasteiger partial charge in [-0.15, -0.1) is 0 Å². The number of nitrogen functional groups attached to an aromatic ring is 2. The number of hydrogen-bond acceptors (Lipinski definition) is 13. The summed E-state index contributed by atoms with van der Waals surface area (Å²) in [4.78, 5) is 63.8. The van der Waals surface area contributed by atoms with E-state index in [1.807, 2.05) is 0 Å². The zero-order chi connectivity index (χ0) is 30.9. The van der Waals surface area contributed by atoms with E-state index in [-0.39, 0.29) is 46.3 Å². The van der Waals surface area contributed by atoms with Crippen LogP contribution in [0.1, 0.15) is 40.4 Å². The zero-order valence-electron chi connectivity index (χ0n) is 22.9. The molecule has 2 amide bonds. The number of carbonyl (C=O) groups excluding carboxylic acids is 3. The van der Waals surface area contributed by atoms with Crippen molar-refractivity contribution in [3.05, 3.63) is 81.7 Å². The lowest BCUT2D eigenvalue weighted by Crippen LogP contribution is -2.42. The van der Waals surface area contributed by atoms with Crippen molar-refractivity contribution in [1.82, 2.24) is 30.8 Å². The smallest absolute Gasteiger partial charge is 0.313 e. The highest BCUT2D eigenvalue weighted by Gasteiger charge is 2.21. The van der Waals surface area contributed by atoms with Gasteiger partial charge in [0.1, 0.15) is 0 Å². The first kappa shape index (κ1) is 30.0. The first-order valence-corrected chi connectivity index (χ1v) is 12.9. The van der Waals surface area contributed by atoms with Crippen molar-refractivity contribution in [1.29, 1.82) is 0 Å². The van der Waals surface area contributed by atoms with Gasteiger partial charge < -0.3 is 21.5 Å². The number of amides is 2. The molecule has 0 aliphatic rings. The summed E-state index contributed by atoms with van der Waals surface area (Å²) in [7, 11) is 1.30. The molecule has 43 heavy (non-hydrogen) atoms. The minimum atomic E-state index is -0.570. The molecule has 0 radical (unpaired) electrons. The quantitative estimate of drug-likeness (QED) is 0.0725. The molecule has 0 unspecified atom stereocenters. The third-order valence-electron chi connectivity index (χ3n) is 6.30. The fraction of sp³-hybridized carbons (Fsp3) is 0.222. The molecule has 0 spiro atoms. The summed E-state index contributed by atoms with van der Waals surface area (Å²) in [5.41, 5.74) is 18.3. The molecule has 16 nitrogen and oxygen atoms in total. The minimum Gasteiger partial charge on any atom is -0.469 e. The summed E-state index contributed by atoms with van der Waals surface area (Å²) in [5.74, 6) is -2.13. The van der Waals surface area contributed by atoms with Gasteiger partial charge in [0.15, 0.2) is 17.0 Å². The standard InChI is InChI=1S/C27H28N10O6/c1-43-26(40)20(3-2-12-30-17-8-10-19(11-9-17)37(41)42)15-4-6-16(7-5-15)25(39)36-35-21(38)13-18-14-31-24-22(32-18)23(28)33-27(29)34-24/h4-11,14,20,30H,2-3,12-13H2,1H3,(H,35,38)(H,36,39)(H4,28,29,31,33,34)/t20-/m0/s1. The average Bonchev–Trinajstić information content (AvgIpc) is 3.00. The van der Waals surface area contributed by atoms with Gasteiger partial charge in [0.25, 0.3) is 11.6 Å². The number of non-ortho nitro benzene ring substituents is 1. The second-order valence-corrected chi connectivity index (χ2v) is 9.25. The Labute approximate surface area is 244 Å². The molecule has 0 fully saturated rings. The van der Waals surface area contributed by atoms with Crippen molar-refractivity contribution >= 4 is 52.1 Å². The summed E-state index contributed by atoms with van der Waals surface area (Å²) >= 11 is 0. The number of nitrogens with two attached hydrogens (primary N) is 2. The van der Waals surface area contributed by atoms with Crippen LogP contribution < -0.4 is 27.6 Å². The van der Waals surface area contributed by atoms with E-state index in [1.54, 1.807) is 24.3 Å². The van der Waals surface area contributed by atoms with E-state index >= 15 is 0 Å². The van der Waals surface area contributed by atoms with E-state index in [4.69, 9.17) is 16.2 Å². The van der Waals surface area contributed by atoms with Gasteiger partial charge in [0, 0.05) is 29.9 Å². The fourth-order valence-corrected chi connectivity index (χ4v) is 4.14. The number of nitrogens with one attached hydrogen (secondary N) is 3. The third-order valence-corrected chi connectivity index (χ3v) is 6.30. The highest BCUT2D eigenvalue weighted by Crippen LogP contribution is 2.24. The number of fused-ring (bicyclic) bond motifs is 1. The Kier molecular flexibility index (Phi) is 9.52. The van der Waals surface area contributed by atoms with Gasteiger partial charge in [0.2, 0.25) is 11.9 Å². The molecule has 7 N–H and O–H groups in total. The van der Waals surface area contributed by atoms with Crippen LogP contribution in [0.5, 0.6) is 0 Å². The second kappa shape index (κ2) is 13.6. The van der Waals surface area contributed by atoms with E-state index < -0.39 is 28.6 Å². The van der Waals surface area contributed by atoms with E-state index in [0.29, 0.717) is 24.9 Å². The lowest BCUT2D eigenvalue weighted by atomic mass is 9.93. The van der Waals surface area contributed by atoms with Gasteiger partial charge in [-0.1, -0.05) is 12.1 Å². The Balaban J connectivity index is 1.28. The number of nitro benzene ring substituents is 1. The number of nitrogens with zero attached hydrogens (tertiary/aromatic N) is 5. The van der Waals surface area contributed by atoms with Crippen molar-refractivity contribution in [3.63, 3.8) is 0 Å². The van der Waals surface area contributed by atoms with Crippen molar-refractivity contribution in [3.8, 4) is 0 Å². The first-order chi connectivity index (χ1) is 20.6. The summed E-state index contributed by atoms with van der Waals surface area (Å²) in [5, 5.41) is 14.0. The predicted octanol–water partition coefficient (Wildman–Crippen LogP) is 1.65. The molecule has 4 aromatic rings. The van der Waals surface area contributed by atoms with Crippen LogP contribution in [-0.2, 0) is 20.7 Å². The highest BCUT2D eigenvalue weighted by molar-refractivity contribution is 5.95. The molecular weight excluding hydrogens is 560 g/mol. The SMILES string of the molecule is COC(=O)[C@@H](CCCNc1ccc([N+](=O)[O-])cc1)c1ccc(C(=O)NNC(=O)Cc2cnc3nc(N)nc(N)c3n2)cc1. The van der Waals surface area contributed by atoms with E-state index in [9.17, 15) is 24.5 Å². The molecule has 0 aliphatic carbocycles. The number of ether oxygens (including phenoxy) is 1. The van der Waals surface area contributed by atoms with Crippen molar-refractivity contribution in [2.75, 3.05) is 30.4 Å². The number of hydrazine groups is 1. The lowest BCUT2D eigenvalue weighted by molar-refractivity contribution is -0.384. The molecule has 222 valence electrons. The summed E-state index contributed by atoms with van der Waals surface area (Å²) in [6.45, 7) is 0.520. The van der Waals surface area contributed by atoms with Gasteiger partial charge in [-0.3, -0.25) is 35.3 Å². The van der Waals surface area contributed by atoms with Gasteiger partial charge in [0.05, 0.1) is 36.3 Å². The molecule has 1 atom stereocenters. The fourth-order valence-electron chi connectivity index (χ4n) is 4.14. The number of aromatic nitrogens is 4. The molecule has 0 bridgehead atoms. The van der Waals surface area contributed by atoms with Crippen LogP contribution in [0, 0.1) is 10.1 Å². The number of hydrogen-bond donors (Lipinski definition) is 5. The van der Waals surface area contributed by atoms with Gasteiger partial charge in [-0.05, 0) is 42.7 Å². The molecule has 4 rings (SSSR count). The number of nitro groups is 1. The first-order valence-electron chi connectivity index (χ1n) is 12.9. The molecule has 16 heteroatoms. The number of methoxy groups -OCH3 is 1. The van der Waals surface area contributed by atoms with Gasteiger partial charge in [-0.2, -0.15) is 9.97 Å². The maximum atomic E-state index is 12.6. The number of carbonyl (C=O) groups is 3. The Hall–Kier alpha value is -5.93. The maximum absolute atomic E-state index is 12.6. The van der Waals surface area contributed by atoms with Crippen LogP contribution in [0.2, 0.25) is 0 Å². The Morgan fingerprint density at radius 2 is 1.72 bits per heavy atom. The third kappa shape index (κ3) is 7.84. The summed E-state index contributed by atoms with van der Waals surface area (Å²) in [6.07, 6.45) is 2.20. The minimum absolute atomic E-state index is 0.000157.